The van der Waals surface area contributed by atoms with Gasteiger partial charge < -0.3 is 15.0 Å². The van der Waals surface area contributed by atoms with Crippen molar-refractivity contribution in [3.05, 3.63) is 155 Å². The maximum Gasteiger partial charge on any atom is 0.264 e. The summed E-state index contributed by atoms with van der Waals surface area (Å²) in [6.45, 7) is 3.81. The number of hydrogen-bond acceptors (Lipinski definition) is 5. The van der Waals surface area contributed by atoms with Crippen molar-refractivity contribution in [3.8, 4) is 11.5 Å². The third-order valence-electron chi connectivity index (χ3n) is 8.05. The molecule has 0 aliphatic rings. The number of benzene rings is 5. The zero-order valence-corrected chi connectivity index (χ0v) is 30.4. The maximum absolute atomic E-state index is 14.7. The standard InChI is InChI=1S/C40H40BrN3O5S/c1-3-25-42-40(46)38(27-31-11-6-4-7-12-31)43(28-32-13-10-14-33(41)26-32)39(45)29-44(50(47,48)37-23-17-30(2)18-24-37)34-19-21-36(22-20-34)49-35-15-8-5-9-16-35/h4-24,26,38H,3,25,27-29H2,1-2H3,(H,42,46)/t38-/m0/s1. The van der Waals surface area contributed by atoms with E-state index in [1.165, 1.54) is 17.0 Å². The molecule has 5 aromatic rings. The number of nitrogens with zero attached hydrogens (tertiary/aromatic N) is 2. The highest BCUT2D eigenvalue weighted by molar-refractivity contribution is 9.10. The number of anilines is 1. The average Bonchev–Trinajstić information content (AvgIpc) is 3.12. The molecule has 0 saturated carbocycles. The first kappa shape index (κ1) is 36.4. The first-order valence-electron chi connectivity index (χ1n) is 16.4. The quantitative estimate of drug-likeness (QED) is 0.117. The fourth-order valence-electron chi connectivity index (χ4n) is 5.42. The van der Waals surface area contributed by atoms with Crippen molar-refractivity contribution in [3.63, 3.8) is 0 Å². The number of hydrogen-bond donors (Lipinski definition) is 1. The molecule has 50 heavy (non-hydrogen) atoms. The van der Waals surface area contributed by atoms with Crippen molar-refractivity contribution in [1.29, 1.82) is 0 Å². The summed E-state index contributed by atoms with van der Waals surface area (Å²) in [5, 5.41) is 2.97. The number of rotatable bonds is 15. The van der Waals surface area contributed by atoms with Crippen molar-refractivity contribution in [1.82, 2.24) is 10.2 Å². The number of amides is 2. The van der Waals surface area contributed by atoms with Crippen LogP contribution in [0.2, 0.25) is 0 Å². The minimum atomic E-state index is -4.23. The third kappa shape index (κ3) is 9.61. The summed E-state index contributed by atoms with van der Waals surface area (Å²) in [5.74, 6) is 0.298. The van der Waals surface area contributed by atoms with Crippen LogP contribution in [-0.4, -0.2) is 44.3 Å². The predicted octanol–water partition coefficient (Wildman–Crippen LogP) is 7.91. The molecular weight excluding hydrogens is 714 g/mol. The summed E-state index contributed by atoms with van der Waals surface area (Å²) in [6, 6.07) is 38.4. The van der Waals surface area contributed by atoms with Gasteiger partial charge in [-0.25, -0.2) is 8.42 Å². The summed E-state index contributed by atoms with van der Waals surface area (Å²) < 4.78 is 36.6. The second kappa shape index (κ2) is 17.1. The Morgan fingerprint density at radius 1 is 0.780 bits per heavy atom. The van der Waals surface area contributed by atoms with E-state index in [9.17, 15) is 18.0 Å². The molecule has 5 aromatic carbocycles. The second-order valence-electron chi connectivity index (χ2n) is 11.9. The molecule has 0 unspecified atom stereocenters. The third-order valence-corrected chi connectivity index (χ3v) is 10.3. The van der Waals surface area contributed by atoms with Crippen molar-refractivity contribution in [2.45, 2.75) is 44.2 Å². The van der Waals surface area contributed by atoms with E-state index in [1.807, 2.05) is 98.8 Å². The van der Waals surface area contributed by atoms with Crippen LogP contribution in [-0.2, 0) is 32.6 Å². The molecule has 1 atom stereocenters. The summed E-state index contributed by atoms with van der Waals surface area (Å²) in [5.41, 5.74) is 2.83. The van der Waals surface area contributed by atoms with Gasteiger partial charge in [-0.15, -0.1) is 0 Å². The van der Waals surface area contributed by atoms with Gasteiger partial charge in [-0.1, -0.05) is 101 Å². The van der Waals surface area contributed by atoms with Crippen molar-refractivity contribution >= 4 is 43.5 Å². The maximum atomic E-state index is 14.7. The van der Waals surface area contributed by atoms with E-state index in [0.717, 1.165) is 31.9 Å². The minimum Gasteiger partial charge on any atom is -0.457 e. The molecule has 2 amide bonds. The highest BCUT2D eigenvalue weighted by Gasteiger charge is 2.34. The lowest BCUT2D eigenvalue weighted by atomic mass is 10.0. The number of carbonyl (C=O) groups excluding carboxylic acids is 2. The van der Waals surface area contributed by atoms with Crippen LogP contribution < -0.4 is 14.4 Å². The van der Waals surface area contributed by atoms with Gasteiger partial charge >= 0.3 is 0 Å². The van der Waals surface area contributed by atoms with Gasteiger partial charge in [0, 0.05) is 24.0 Å². The lowest BCUT2D eigenvalue weighted by molar-refractivity contribution is -0.140. The number of nitrogens with one attached hydrogen (secondary N) is 1. The van der Waals surface area contributed by atoms with Crippen molar-refractivity contribution in [2.75, 3.05) is 17.4 Å². The van der Waals surface area contributed by atoms with Crippen LogP contribution >= 0.6 is 15.9 Å². The first-order chi connectivity index (χ1) is 24.1. The Bertz CT molecular complexity index is 1970. The van der Waals surface area contributed by atoms with E-state index < -0.39 is 28.5 Å². The normalized spacial score (nSPS) is 11.7. The van der Waals surface area contributed by atoms with Crippen molar-refractivity contribution < 1.29 is 22.7 Å². The molecule has 0 spiro atoms. The Labute approximate surface area is 302 Å². The van der Waals surface area contributed by atoms with Crippen LogP contribution in [0.15, 0.2) is 143 Å². The monoisotopic (exact) mass is 753 g/mol. The van der Waals surface area contributed by atoms with Crippen molar-refractivity contribution in [2.24, 2.45) is 0 Å². The fraction of sp³-hybridized carbons (Fsp3) is 0.200. The smallest absolute Gasteiger partial charge is 0.264 e. The summed E-state index contributed by atoms with van der Waals surface area (Å²) in [7, 11) is -4.23. The fourth-order valence-corrected chi connectivity index (χ4v) is 7.28. The minimum absolute atomic E-state index is 0.0422. The van der Waals surface area contributed by atoms with Crippen LogP contribution in [0.25, 0.3) is 0 Å². The van der Waals surface area contributed by atoms with E-state index >= 15 is 0 Å². The van der Waals surface area contributed by atoms with Gasteiger partial charge in [0.2, 0.25) is 11.8 Å². The van der Waals surface area contributed by atoms with Gasteiger partial charge in [-0.05, 0) is 85.1 Å². The molecule has 0 saturated heterocycles. The average molecular weight is 755 g/mol. The summed E-state index contributed by atoms with van der Waals surface area (Å²) in [4.78, 5) is 30.0. The molecular formula is C40H40BrN3O5S. The number of sulfonamides is 1. The molecule has 8 nitrogen and oxygen atoms in total. The number of carbonyl (C=O) groups is 2. The molecule has 0 fully saturated rings. The molecule has 0 bridgehead atoms. The van der Waals surface area contributed by atoms with Crippen LogP contribution in [0.4, 0.5) is 5.69 Å². The van der Waals surface area contributed by atoms with E-state index in [-0.39, 0.29) is 29.5 Å². The van der Waals surface area contributed by atoms with Gasteiger partial charge in [-0.2, -0.15) is 0 Å². The Morgan fingerprint density at radius 3 is 2.04 bits per heavy atom. The van der Waals surface area contributed by atoms with Gasteiger partial charge in [0.15, 0.2) is 0 Å². The van der Waals surface area contributed by atoms with E-state index in [4.69, 9.17) is 4.74 Å². The molecule has 5 rings (SSSR count). The highest BCUT2D eigenvalue weighted by Crippen LogP contribution is 2.29. The topological polar surface area (TPSA) is 96.0 Å². The Morgan fingerprint density at radius 2 is 1.40 bits per heavy atom. The number of para-hydroxylation sites is 1. The molecule has 0 aliphatic carbocycles. The summed E-state index contributed by atoms with van der Waals surface area (Å²) in [6.07, 6.45) is 0.961. The molecule has 1 N–H and O–H groups in total. The Balaban J connectivity index is 1.55. The second-order valence-corrected chi connectivity index (χ2v) is 14.7. The van der Waals surface area contributed by atoms with Crippen LogP contribution in [0.1, 0.15) is 30.0 Å². The zero-order valence-electron chi connectivity index (χ0n) is 28.0. The molecule has 258 valence electrons. The molecule has 0 aromatic heterocycles. The van der Waals surface area contributed by atoms with Crippen LogP contribution in [0.5, 0.6) is 11.5 Å². The highest BCUT2D eigenvalue weighted by atomic mass is 79.9. The number of aryl methyl sites for hydroxylation is 1. The molecule has 0 heterocycles. The lowest BCUT2D eigenvalue weighted by Crippen LogP contribution is -2.53. The van der Waals surface area contributed by atoms with Gasteiger partial charge in [0.25, 0.3) is 10.0 Å². The van der Waals surface area contributed by atoms with Gasteiger partial charge in [0.1, 0.15) is 24.1 Å². The van der Waals surface area contributed by atoms with Crippen LogP contribution in [0, 0.1) is 6.92 Å². The van der Waals surface area contributed by atoms with E-state index in [2.05, 4.69) is 21.2 Å². The SMILES string of the molecule is CCCNC(=O)[C@H](Cc1ccccc1)N(Cc1cccc(Br)c1)C(=O)CN(c1ccc(Oc2ccccc2)cc1)S(=O)(=O)c1ccc(C)cc1. The predicted molar refractivity (Wildman–Crippen MR) is 201 cm³/mol. The molecule has 10 heteroatoms. The summed E-state index contributed by atoms with van der Waals surface area (Å²) >= 11 is 3.52. The first-order valence-corrected chi connectivity index (χ1v) is 18.7. The van der Waals surface area contributed by atoms with E-state index in [0.29, 0.717) is 18.0 Å². The van der Waals surface area contributed by atoms with E-state index in [1.54, 1.807) is 36.4 Å². The number of ether oxygens (including phenoxy) is 1. The Kier molecular flexibility index (Phi) is 12.5. The largest absolute Gasteiger partial charge is 0.457 e. The Hall–Kier alpha value is -4.93. The zero-order chi connectivity index (χ0) is 35.5. The van der Waals surface area contributed by atoms with Gasteiger partial charge in [-0.3, -0.25) is 13.9 Å². The number of halogens is 1. The van der Waals surface area contributed by atoms with Gasteiger partial charge in [0.05, 0.1) is 10.6 Å². The lowest BCUT2D eigenvalue weighted by Gasteiger charge is -2.34. The molecule has 0 aliphatic heterocycles. The van der Waals surface area contributed by atoms with Crippen LogP contribution in [0.3, 0.4) is 0 Å². The molecule has 0 radical (unpaired) electrons.